The Kier molecular flexibility index (Phi) is 10.6. The van der Waals surface area contributed by atoms with Gasteiger partial charge < -0.3 is 9.64 Å². The van der Waals surface area contributed by atoms with E-state index in [2.05, 4.69) is 41.1 Å². The number of aliphatic imine (C=N–C) groups is 1. The van der Waals surface area contributed by atoms with E-state index in [1.165, 1.54) is 52.1 Å². The summed E-state index contributed by atoms with van der Waals surface area (Å²) in [5.74, 6) is -0.332. The number of hydrogen-bond donors (Lipinski definition) is 0. The van der Waals surface area contributed by atoms with Crippen molar-refractivity contribution in [1.82, 2.24) is 0 Å². The van der Waals surface area contributed by atoms with E-state index in [0.717, 1.165) is 24.3 Å². The average molecular weight is 395 g/mol. The van der Waals surface area contributed by atoms with Gasteiger partial charge in [-0.05, 0) is 42.8 Å². The standard InChI is InChI=1S/C25H34N2O2/c1-3-4-5-6-7-8-9-13-20-27(24-14-11-10-12-15-24)21-26-23-18-16-22(17-19-23)25(28)29-2/h10-12,14-19,21H,3-9,13,20H2,1-2H3. The highest BCUT2D eigenvalue weighted by Gasteiger charge is 2.05. The van der Waals surface area contributed by atoms with Crippen molar-refractivity contribution in [2.24, 2.45) is 4.99 Å². The van der Waals surface area contributed by atoms with Crippen LogP contribution in [-0.4, -0.2) is 26.0 Å². The molecule has 0 aromatic heterocycles. The van der Waals surface area contributed by atoms with Crippen molar-refractivity contribution < 1.29 is 9.53 Å². The van der Waals surface area contributed by atoms with Crippen LogP contribution in [0, 0.1) is 0 Å². The zero-order valence-electron chi connectivity index (χ0n) is 17.8. The van der Waals surface area contributed by atoms with Gasteiger partial charge in [0.2, 0.25) is 0 Å². The Bertz CT molecular complexity index is 726. The Morgan fingerprint density at radius 3 is 2.14 bits per heavy atom. The van der Waals surface area contributed by atoms with Crippen LogP contribution in [0.15, 0.2) is 59.6 Å². The number of carbonyl (C=O) groups is 1. The summed E-state index contributed by atoms with van der Waals surface area (Å²) in [7, 11) is 1.39. The number of benzene rings is 2. The fraction of sp³-hybridized carbons (Fsp3) is 0.440. The smallest absolute Gasteiger partial charge is 0.337 e. The number of carbonyl (C=O) groups excluding carboxylic acids is 1. The molecule has 0 amide bonds. The number of esters is 1. The van der Waals surface area contributed by atoms with E-state index in [1.807, 2.05) is 24.5 Å². The van der Waals surface area contributed by atoms with Crippen LogP contribution in [0.3, 0.4) is 0 Å². The van der Waals surface area contributed by atoms with Gasteiger partial charge in [0, 0.05) is 12.2 Å². The van der Waals surface area contributed by atoms with Gasteiger partial charge in [-0.2, -0.15) is 0 Å². The second-order valence-electron chi connectivity index (χ2n) is 7.29. The van der Waals surface area contributed by atoms with Gasteiger partial charge >= 0.3 is 5.97 Å². The summed E-state index contributed by atoms with van der Waals surface area (Å²) in [6, 6.07) is 17.5. The third-order valence-corrected chi connectivity index (χ3v) is 4.98. The molecule has 0 saturated carbocycles. The molecule has 0 unspecified atom stereocenters. The number of anilines is 1. The van der Waals surface area contributed by atoms with Gasteiger partial charge in [-0.1, -0.05) is 70.1 Å². The first kappa shape index (κ1) is 22.7. The van der Waals surface area contributed by atoms with E-state index < -0.39 is 0 Å². The highest BCUT2D eigenvalue weighted by Crippen LogP contribution is 2.17. The topological polar surface area (TPSA) is 41.9 Å². The van der Waals surface area contributed by atoms with Crippen molar-refractivity contribution in [2.75, 3.05) is 18.6 Å². The lowest BCUT2D eigenvalue weighted by molar-refractivity contribution is 0.0601. The number of methoxy groups -OCH3 is 1. The maximum atomic E-state index is 11.6. The molecule has 2 aromatic rings. The summed E-state index contributed by atoms with van der Waals surface area (Å²) in [4.78, 5) is 18.4. The lowest BCUT2D eigenvalue weighted by Gasteiger charge is -2.19. The Morgan fingerprint density at radius 2 is 1.52 bits per heavy atom. The summed E-state index contributed by atoms with van der Waals surface area (Å²) in [5, 5.41) is 0. The maximum absolute atomic E-state index is 11.6. The van der Waals surface area contributed by atoms with Crippen molar-refractivity contribution >= 4 is 23.7 Å². The summed E-state index contributed by atoms with van der Waals surface area (Å²) < 4.78 is 4.74. The van der Waals surface area contributed by atoms with Crippen LogP contribution in [-0.2, 0) is 4.74 Å². The molecular formula is C25H34N2O2. The minimum atomic E-state index is -0.332. The van der Waals surface area contributed by atoms with Crippen molar-refractivity contribution in [3.8, 4) is 0 Å². The molecule has 0 bridgehead atoms. The third kappa shape index (κ3) is 8.51. The quantitative estimate of drug-likeness (QED) is 0.163. The van der Waals surface area contributed by atoms with Crippen molar-refractivity contribution in [1.29, 1.82) is 0 Å². The molecule has 2 rings (SSSR count). The Balaban J connectivity index is 1.89. The minimum absolute atomic E-state index is 0.332. The van der Waals surface area contributed by atoms with Crippen LogP contribution < -0.4 is 4.90 Å². The number of hydrogen-bond acceptors (Lipinski definition) is 3. The molecule has 2 aromatic carbocycles. The third-order valence-electron chi connectivity index (χ3n) is 4.98. The molecule has 156 valence electrons. The fourth-order valence-electron chi connectivity index (χ4n) is 3.23. The van der Waals surface area contributed by atoms with Gasteiger partial charge in [0.15, 0.2) is 0 Å². The van der Waals surface area contributed by atoms with Crippen molar-refractivity contribution in [3.05, 3.63) is 60.2 Å². The monoisotopic (exact) mass is 394 g/mol. The second kappa shape index (κ2) is 13.5. The Hall–Kier alpha value is -2.62. The first-order valence-electron chi connectivity index (χ1n) is 10.8. The molecule has 4 nitrogen and oxygen atoms in total. The van der Waals surface area contributed by atoms with Crippen LogP contribution in [0.1, 0.15) is 68.6 Å². The van der Waals surface area contributed by atoms with Crippen LogP contribution in [0.25, 0.3) is 0 Å². The molecule has 0 heterocycles. The lowest BCUT2D eigenvalue weighted by Crippen LogP contribution is -2.22. The van der Waals surface area contributed by atoms with Gasteiger partial charge in [-0.15, -0.1) is 0 Å². The number of nitrogens with zero attached hydrogens (tertiary/aromatic N) is 2. The van der Waals surface area contributed by atoms with E-state index in [-0.39, 0.29) is 5.97 Å². The van der Waals surface area contributed by atoms with Crippen LogP contribution in [0.5, 0.6) is 0 Å². The van der Waals surface area contributed by atoms with E-state index in [0.29, 0.717) is 5.56 Å². The molecule has 0 aliphatic carbocycles. The summed E-state index contributed by atoms with van der Waals surface area (Å²) >= 11 is 0. The molecule has 0 N–H and O–H groups in total. The summed E-state index contributed by atoms with van der Waals surface area (Å²) in [6.45, 7) is 3.20. The van der Waals surface area contributed by atoms with Gasteiger partial charge in [-0.3, -0.25) is 0 Å². The molecule has 0 saturated heterocycles. The fourth-order valence-corrected chi connectivity index (χ4v) is 3.23. The highest BCUT2D eigenvalue weighted by molar-refractivity contribution is 5.89. The minimum Gasteiger partial charge on any atom is -0.465 e. The highest BCUT2D eigenvalue weighted by atomic mass is 16.5. The van der Waals surface area contributed by atoms with Crippen molar-refractivity contribution in [3.63, 3.8) is 0 Å². The molecule has 0 spiro atoms. The molecule has 29 heavy (non-hydrogen) atoms. The van der Waals surface area contributed by atoms with Gasteiger partial charge in [-0.25, -0.2) is 9.79 Å². The molecule has 0 fully saturated rings. The van der Waals surface area contributed by atoms with Gasteiger partial charge in [0.05, 0.1) is 24.7 Å². The predicted octanol–water partition coefficient (Wildman–Crippen LogP) is 6.78. The largest absolute Gasteiger partial charge is 0.465 e. The van der Waals surface area contributed by atoms with Gasteiger partial charge in [0.25, 0.3) is 0 Å². The molecule has 0 radical (unpaired) electrons. The van der Waals surface area contributed by atoms with E-state index >= 15 is 0 Å². The van der Waals surface area contributed by atoms with E-state index in [9.17, 15) is 4.79 Å². The Labute approximate surface area is 175 Å². The summed E-state index contributed by atoms with van der Waals surface area (Å²) in [5.41, 5.74) is 2.49. The number of rotatable bonds is 13. The zero-order chi connectivity index (χ0) is 20.7. The molecule has 0 aliphatic heterocycles. The van der Waals surface area contributed by atoms with Crippen molar-refractivity contribution in [2.45, 2.75) is 58.3 Å². The number of para-hydroxylation sites is 1. The normalized spacial score (nSPS) is 11.0. The number of unbranched alkanes of at least 4 members (excludes halogenated alkanes) is 7. The second-order valence-corrected chi connectivity index (χ2v) is 7.29. The predicted molar refractivity (Wildman–Crippen MR) is 122 cm³/mol. The summed E-state index contributed by atoms with van der Waals surface area (Å²) in [6.07, 6.45) is 12.3. The van der Waals surface area contributed by atoms with Crippen LogP contribution >= 0.6 is 0 Å². The van der Waals surface area contributed by atoms with Crippen LogP contribution in [0.4, 0.5) is 11.4 Å². The Morgan fingerprint density at radius 1 is 0.897 bits per heavy atom. The molecule has 4 heteroatoms. The zero-order valence-corrected chi connectivity index (χ0v) is 17.8. The van der Waals surface area contributed by atoms with E-state index in [4.69, 9.17) is 4.74 Å². The van der Waals surface area contributed by atoms with Crippen LogP contribution in [0.2, 0.25) is 0 Å². The average Bonchev–Trinajstić information content (AvgIpc) is 2.78. The SMILES string of the molecule is CCCCCCCCCCN(C=Nc1ccc(C(=O)OC)cc1)c1ccccc1. The molecular weight excluding hydrogens is 360 g/mol. The lowest BCUT2D eigenvalue weighted by atomic mass is 10.1. The van der Waals surface area contributed by atoms with E-state index in [1.54, 1.807) is 12.1 Å². The molecule has 0 aliphatic rings. The maximum Gasteiger partial charge on any atom is 0.337 e. The molecule has 0 atom stereocenters. The first-order valence-corrected chi connectivity index (χ1v) is 10.8. The van der Waals surface area contributed by atoms with Gasteiger partial charge in [0.1, 0.15) is 0 Å². The number of ether oxygens (including phenoxy) is 1. The first-order chi connectivity index (χ1) is 14.2.